The summed E-state index contributed by atoms with van der Waals surface area (Å²) in [4.78, 5) is 0. The molecule has 2 rings (SSSR count). The Kier molecular flexibility index (Phi) is 3.13. The lowest BCUT2D eigenvalue weighted by atomic mass is 10.2. The van der Waals surface area contributed by atoms with Crippen LogP contribution < -0.4 is 0 Å². The number of rotatable bonds is 3. The Morgan fingerprint density at radius 1 is 1.27 bits per heavy atom. The molecule has 5 heteroatoms. The van der Waals surface area contributed by atoms with Gasteiger partial charge in [0.05, 0.1) is 6.54 Å². The molecule has 1 N–H and O–H groups in total. The van der Waals surface area contributed by atoms with Crippen LogP contribution in [0.5, 0.6) is 0 Å². The molecule has 0 aliphatic carbocycles. The number of benzene rings is 1. The number of aliphatic hydroxyl groups is 1. The van der Waals surface area contributed by atoms with Crippen LogP contribution in [0.25, 0.3) is 0 Å². The largest absolute Gasteiger partial charge is 0.388 e. The van der Waals surface area contributed by atoms with Crippen LogP contribution >= 0.6 is 15.9 Å². The number of aromatic nitrogens is 3. The highest BCUT2D eigenvalue weighted by Gasteiger charge is 2.02. The third-order valence-electron chi connectivity index (χ3n) is 2.10. The van der Waals surface area contributed by atoms with Gasteiger partial charge in [-0.25, -0.2) is 0 Å². The second kappa shape index (κ2) is 4.55. The maximum absolute atomic E-state index is 9.00. The first-order chi connectivity index (χ1) is 7.29. The summed E-state index contributed by atoms with van der Waals surface area (Å²) in [6.45, 7) is 0.590. The molecule has 1 heterocycles. The fourth-order valence-electron chi connectivity index (χ4n) is 1.32. The van der Waals surface area contributed by atoms with Crippen molar-refractivity contribution >= 4 is 15.9 Å². The van der Waals surface area contributed by atoms with Gasteiger partial charge < -0.3 is 9.67 Å². The monoisotopic (exact) mass is 267 g/mol. The van der Waals surface area contributed by atoms with E-state index in [-0.39, 0.29) is 6.61 Å². The molecule has 0 unspecified atom stereocenters. The fourth-order valence-corrected chi connectivity index (χ4v) is 1.58. The zero-order chi connectivity index (χ0) is 10.7. The fraction of sp³-hybridized carbons (Fsp3) is 0.200. The second-order valence-electron chi connectivity index (χ2n) is 3.16. The van der Waals surface area contributed by atoms with Crippen LogP contribution in [0, 0.1) is 0 Å². The average molecular weight is 268 g/mol. The Morgan fingerprint density at radius 3 is 2.67 bits per heavy atom. The summed E-state index contributed by atoms with van der Waals surface area (Å²) in [5, 5.41) is 16.6. The van der Waals surface area contributed by atoms with E-state index in [4.69, 9.17) is 5.11 Å². The van der Waals surface area contributed by atoms with E-state index in [1.807, 2.05) is 28.8 Å². The molecule has 0 fully saturated rings. The normalized spacial score (nSPS) is 10.5. The lowest BCUT2D eigenvalue weighted by Crippen LogP contribution is -2.03. The summed E-state index contributed by atoms with van der Waals surface area (Å²) in [6, 6.07) is 8.01. The molecule has 1 aromatic heterocycles. The smallest absolute Gasteiger partial charge is 0.158 e. The van der Waals surface area contributed by atoms with E-state index < -0.39 is 0 Å². The first-order valence-corrected chi connectivity index (χ1v) is 5.31. The average Bonchev–Trinajstić information content (AvgIpc) is 2.69. The molecule has 78 valence electrons. The maximum Gasteiger partial charge on any atom is 0.158 e. The molecule has 2 aromatic rings. The van der Waals surface area contributed by atoms with E-state index in [1.54, 1.807) is 6.33 Å². The van der Waals surface area contributed by atoms with Crippen molar-refractivity contribution in [2.24, 2.45) is 0 Å². The van der Waals surface area contributed by atoms with Gasteiger partial charge in [-0.1, -0.05) is 28.1 Å². The molecule has 0 bridgehead atoms. The van der Waals surface area contributed by atoms with Gasteiger partial charge >= 0.3 is 0 Å². The van der Waals surface area contributed by atoms with Gasteiger partial charge in [0, 0.05) is 4.47 Å². The Bertz CT molecular complexity index is 438. The predicted molar refractivity (Wildman–Crippen MR) is 59.2 cm³/mol. The van der Waals surface area contributed by atoms with Crippen molar-refractivity contribution < 1.29 is 5.11 Å². The van der Waals surface area contributed by atoms with Crippen molar-refractivity contribution in [2.75, 3.05) is 0 Å². The van der Waals surface area contributed by atoms with Gasteiger partial charge in [0.15, 0.2) is 5.82 Å². The molecule has 0 atom stereocenters. The molecule has 0 aliphatic heterocycles. The molecule has 0 spiro atoms. The Hall–Kier alpha value is -1.20. The van der Waals surface area contributed by atoms with E-state index in [2.05, 4.69) is 26.1 Å². The van der Waals surface area contributed by atoms with Crippen LogP contribution in [0.4, 0.5) is 0 Å². The zero-order valence-electron chi connectivity index (χ0n) is 7.97. The number of aliphatic hydroxyl groups excluding tert-OH is 1. The lowest BCUT2D eigenvalue weighted by Gasteiger charge is -2.04. The molecule has 0 saturated heterocycles. The van der Waals surface area contributed by atoms with Gasteiger partial charge in [0.25, 0.3) is 0 Å². The summed E-state index contributed by atoms with van der Waals surface area (Å²) < 4.78 is 2.88. The van der Waals surface area contributed by atoms with Crippen molar-refractivity contribution in [1.29, 1.82) is 0 Å². The van der Waals surface area contributed by atoms with Crippen LogP contribution in [0.1, 0.15) is 11.4 Å². The molecule has 15 heavy (non-hydrogen) atoms. The number of hydrogen-bond donors (Lipinski definition) is 1. The highest BCUT2D eigenvalue weighted by atomic mass is 79.9. The number of halogens is 1. The van der Waals surface area contributed by atoms with Crippen LogP contribution in [0.3, 0.4) is 0 Å². The van der Waals surface area contributed by atoms with E-state index in [9.17, 15) is 0 Å². The Morgan fingerprint density at radius 2 is 2.00 bits per heavy atom. The quantitative estimate of drug-likeness (QED) is 0.919. The minimum absolute atomic E-state index is 0.0868. The van der Waals surface area contributed by atoms with Gasteiger partial charge in [-0.05, 0) is 17.7 Å². The number of hydrogen-bond acceptors (Lipinski definition) is 3. The highest BCUT2D eigenvalue weighted by Crippen LogP contribution is 2.11. The Balaban J connectivity index is 2.18. The van der Waals surface area contributed by atoms with Crippen molar-refractivity contribution in [1.82, 2.24) is 14.8 Å². The highest BCUT2D eigenvalue weighted by molar-refractivity contribution is 9.10. The van der Waals surface area contributed by atoms with Gasteiger partial charge in [-0.3, -0.25) is 0 Å². The predicted octanol–water partition coefficient (Wildman–Crippen LogP) is 1.58. The topological polar surface area (TPSA) is 50.9 Å². The first-order valence-electron chi connectivity index (χ1n) is 4.51. The molecule has 0 amide bonds. The minimum atomic E-state index is -0.0868. The maximum atomic E-state index is 9.00. The molecule has 4 nitrogen and oxygen atoms in total. The molecule has 1 aromatic carbocycles. The van der Waals surface area contributed by atoms with E-state index >= 15 is 0 Å². The van der Waals surface area contributed by atoms with Gasteiger partial charge in [-0.2, -0.15) is 0 Å². The van der Waals surface area contributed by atoms with Crippen LogP contribution in [0.15, 0.2) is 35.1 Å². The van der Waals surface area contributed by atoms with E-state index in [0.717, 1.165) is 10.0 Å². The van der Waals surface area contributed by atoms with E-state index in [0.29, 0.717) is 12.4 Å². The van der Waals surface area contributed by atoms with Crippen LogP contribution in [-0.4, -0.2) is 19.9 Å². The minimum Gasteiger partial charge on any atom is -0.388 e. The van der Waals surface area contributed by atoms with E-state index in [1.165, 1.54) is 0 Å². The summed E-state index contributed by atoms with van der Waals surface area (Å²) in [5.74, 6) is 0.581. The summed E-state index contributed by atoms with van der Waals surface area (Å²) >= 11 is 3.38. The van der Waals surface area contributed by atoms with Crippen molar-refractivity contribution in [3.63, 3.8) is 0 Å². The van der Waals surface area contributed by atoms with Gasteiger partial charge in [0.1, 0.15) is 12.9 Å². The molecular weight excluding hydrogens is 258 g/mol. The van der Waals surface area contributed by atoms with Crippen LogP contribution in [-0.2, 0) is 13.2 Å². The molecule has 0 saturated carbocycles. The standard InChI is InChI=1S/C10H10BrN3O/c11-9-3-1-8(2-4-9)5-14-7-12-13-10(14)6-15/h1-4,7,15H,5-6H2. The number of nitrogens with zero attached hydrogens (tertiary/aromatic N) is 3. The molecule has 0 radical (unpaired) electrons. The van der Waals surface area contributed by atoms with Gasteiger partial charge in [0.2, 0.25) is 0 Å². The SMILES string of the molecule is OCc1nncn1Cc1ccc(Br)cc1. The Labute approximate surface area is 95.7 Å². The van der Waals surface area contributed by atoms with Crippen molar-refractivity contribution in [3.8, 4) is 0 Å². The van der Waals surface area contributed by atoms with Crippen LogP contribution in [0.2, 0.25) is 0 Å². The van der Waals surface area contributed by atoms with Crippen molar-refractivity contribution in [2.45, 2.75) is 13.2 Å². The molecule has 0 aliphatic rings. The third kappa shape index (κ3) is 2.43. The third-order valence-corrected chi connectivity index (χ3v) is 2.63. The van der Waals surface area contributed by atoms with Crippen molar-refractivity contribution in [3.05, 3.63) is 46.5 Å². The summed E-state index contributed by atoms with van der Waals surface area (Å²) in [6.07, 6.45) is 1.62. The summed E-state index contributed by atoms with van der Waals surface area (Å²) in [5.41, 5.74) is 1.15. The zero-order valence-corrected chi connectivity index (χ0v) is 9.55. The van der Waals surface area contributed by atoms with Gasteiger partial charge in [-0.15, -0.1) is 10.2 Å². The summed E-state index contributed by atoms with van der Waals surface area (Å²) in [7, 11) is 0. The second-order valence-corrected chi connectivity index (χ2v) is 4.08. The first kappa shape index (κ1) is 10.3. The lowest BCUT2D eigenvalue weighted by molar-refractivity contribution is 0.265. The molecular formula is C10H10BrN3O.